The molecule has 122 valence electrons. The van der Waals surface area contributed by atoms with Gasteiger partial charge in [-0.15, -0.1) is 0 Å². The summed E-state index contributed by atoms with van der Waals surface area (Å²) in [5.74, 6) is 0.566. The third-order valence-electron chi connectivity index (χ3n) is 4.29. The fourth-order valence-electron chi connectivity index (χ4n) is 3.17. The van der Waals surface area contributed by atoms with Crippen LogP contribution in [0.4, 0.5) is 0 Å². The van der Waals surface area contributed by atoms with Crippen LogP contribution in [0.1, 0.15) is 0 Å². The summed E-state index contributed by atoms with van der Waals surface area (Å²) in [7, 11) is 0. The van der Waals surface area contributed by atoms with Crippen molar-refractivity contribution in [3.8, 4) is 5.95 Å². The van der Waals surface area contributed by atoms with Gasteiger partial charge in [-0.3, -0.25) is 0 Å². The Morgan fingerprint density at radius 2 is 0.960 bits per heavy atom. The average Bonchev–Trinajstić information content (AvgIpc) is 3.21. The Morgan fingerprint density at radius 1 is 0.520 bits per heavy atom. The van der Waals surface area contributed by atoms with E-state index in [1.807, 2.05) is 30.3 Å². The van der Waals surface area contributed by atoms with Crippen LogP contribution in [0.15, 0.2) is 114 Å². The normalized spacial score (nSPS) is 11.2. The van der Waals surface area contributed by atoms with Gasteiger partial charge in [0, 0.05) is 0 Å². The molecule has 1 aromatic heterocycles. The molecule has 0 saturated heterocycles. The molecule has 4 aromatic rings. The minimum atomic E-state index is -3.40. The van der Waals surface area contributed by atoms with Gasteiger partial charge in [-0.2, -0.15) is 0 Å². The molecule has 0 aliphatic carbocycles. The van der Waals surface area contributed by atoms with Gasteiger partial charge in [-0.1, -0.05) is 0 Å². The van der Waals surface area contributed by atoms with E-state index in [0.29, 0.717) is 5.95 Å². The summed E-state index contributed by atoms with van der Waals surface area (Å²) in [4.78, 5) is 0. The Bertz CT molecular complexity index is 808. The van der Waals surface area contributed by atoms with Crippen LogP contribution in [0.25, 0.3) is 0 Å². The second-order valence-corrected chi connectivity index (χ2v) is 12.7. The van der Waals surface area contributed by atoms with Crippen molar-refractivity contribution < 1.29 is 8.18 Å². The van der Waals surface area contributed by atoms with E-state index in [-0.39, 0.29) is 0 Å². The summed E-state index contributed by atoms with van der Waals surface area (Å²) in [5, 5.41) is 0. The molecule has 0 amide bonds. The first-order valence-corrected chi connectivity index (χ1v) is 12.3. The van der Waals surface area contributed by atoms with Gasteiger partial charge in [0.05, 0.1) is 0 Å². The van der Waals surface area contributed by atoms with Crippen molar-refractivity contribution in [1.82, 2.24) is 0 Å². The van der Waals surface area contributed by atoms with E-state index in [1.165, 1.54) is 13.2 Å². The van der Waals surface area contributed by atoms with Gasteiger partial charge in [-0.05, 0) is 0 Å². The van der Waals surface area contributed by atoms with Crippen LogP contribution in [0, 0.1) is 0 Å². The Labute approximate surface area is 150 Å². The van der Waals surface area contributed by atoms with Gasteiger partial charge in [0.2, 0.25) is 0 Å². The molecule has 0 fully saturated rings. The Kier molecular flexibility index (Phi) is 4.44. The van der Waals surface area contributed by atoms with Gasteiger partial charge in [0.25, 0.3) is 0 Å². The van der Waals surface area contributed by atoms with Crippen LogP contribution in [0.5, 0.6) is 5.95 Å². The van der Waals surface area contributed by atoms with Gasteiger partial charge >= 0.3 is 150 Å². The molecule has 0 aliphatic rings. The van der Waals surface area contributed by atoms with Gasteiger partial charge in [0.1, 0.15) is 0 Å². The monoisotopic (exact) mass is 388 g/mol. The van der Waals surface area contributed by atoms with Crippen molar-refractivity contribution in [2.75, 3.05) is 0 Å². The van der Waals surface area contributed by atoms with Crippen molar-refractivity contribution in [1.29, 1.82) is 0 Å². The summed E-state index contributed by atoms with van der Waals surface area (Å²) in [5.41, 5.74) is 0. The van der Waals surface area contributed by atoms with E-state index in [1.54, 1.807) is 6.26 Å². The predicted molar refractivity (Wildman–Crippen MR) is 103 cm³/mol. The van der Waals surface area contributed by atoms with Crippen LogP contribution in [0.3, 0.4) is 0 Å². The zero-order valence-corrected chi connectivity index (χ0v) is 15.8. The number of hydrogen-bond acceptors (Lipinski definition) is 2. The first-order chi connectivity index (χ1) is 12.4. The zero-order chi connectivity index (χ0) is 17.0. The summed E-state index contributed by atoms with van der Waals surface area (Å²) in [6.45, 7) is 0. The topological polar surface area (TPSA) is 22.4 Å². The first kappa shape index (κ1) is 15.8. The average molecular weight is 387 g/mol. The number of hydrogen-bond donors (Lipinski definition) is 0. The Hall–Kier alpha value is -2.72. The molecule has 0 bridgehead atoms. The maximum atomic E-state index is 6.72. The molecule has 0 N–H and O–H groups in total. The van der Waals surface area contributed by atoms with Crippen LogP contribution < -0.4 is 17.0 Å². The van der Waals surface area contributed by atoms with E-state index in [0.717, 1.165) is 0 Å². The third kappa shape index (κ3) is 3.01. The van der Waals surface area contributed by atoms with E-state index in [2.05, 4.69) is 72.8 Å². The maximum absolute atomic E-state index is 6.72. The SMILES string of the molecule is c1cc[c]([Ge]([O]c2ccco2)([c]2ccccc2)[c]2ccccc2)cc1. The van der Waals surface area contributed by atoms with E-state index in [4.69, 9.17) is 8.18 Å². The molecular formula is C22H18GeO2. The van der Waals surface area contributed by atoms with Crippen LogP contribution >= 0.6 is 0 Å². The molecule has 0 unspecified atom stereocenters. The molecule has 4 rings (SSSR count). The summed E-state index contributed by atoms with van der Waals surface area (Å²) in [6.07, 6.45) is 1.66. The van der Waals surface area contributed by atoms with Crippen molar-refractivity contribution in [3.05, 3.63) is 109 Å². The van der Waals surface area contributed by atoms with E-state index in [9.17, 15) is 0 Å². The van der Waals surface area contributed by atoms with Gasteiger partial charge < -0.3 is 0 Å². The molecule has 1 heterocycles. The van der Waals surface area contributed by atoms with Crippen molar-refractivity contribution in [2.45, 2.75) is 0 Å². The number of furan rings is 1. The number of rotatable bonds is 5. The zero-order valence-electron chi connectivity index (χ0n) is 13.7. The van der Waals surface area contributed by atoms with Crippen molar-refractivity contribution in [2.24, 2.45) is 0 Å². The van der Waals surface area contributed by atoms with Crippen molar-refractivity contribution >= 4 is 26.8 Å². The minimum absolute atomic E-state index is 0.566. The molecule has 3 aromatic carbocycles. The Morgan fingerprint density at radius 3 is 1.32 bits per heavy atom. The second kappa shape index (κ2) is 7.03. The van der Waals surface area contributed by atoms with Gasteiger partial charge in [0.15, 0.2) is 0 Å². The van der Waals surface area contributed by atoms with Crippen LogP contribution in [-0.4, -0.2) is 13.6 Å². The molecular weight excluding hydrogens is 369 g/mol. The van der Waals surface area contributed by atoms with E-state index < -0.39 is 13.6 Å². The molecule has 3 heteroatoms. The quantitative estimate of drug-likeness (QED) is 0.491. The molecule has 0 saturated carbocycles. The van der Waals surface area contributed by atoms with Crippen molar-refractivity contribution in [3.63, 3.8) is 0 Å². The van der Waals surface area contributed by atoms with E-state index >= 15 is 0 Å². The molecule has 0 aliphatic heterocycles. The fourth-order valence-corrected chi connectivity index (χ4v) is 11.1. The predicted octanol–water partition coefficient (Wildman–Crippen LogP) is 3.33. The van der Waals surface area contributed by atoms with Crippen LogP contribution in [0.2, 0.25) is 0 Å². The summed E-state index contributed by atoms with van der Waals surface area (Å²) < 4.78 is 16.0. The van der Waals surface area contributed by atoms with Gasteiger partial charge in [-0.25, -0.2) is 0 Å². The molecule has 0 spiro atoms. The van der Waals surface area contributed by atoms with Crippen LogP contribution in [-0.2, 0) is 0 Å². The molecule has 0 radical (unpaired) electrons. The Balaban J connectivity index is 2.01. The fraction of sp³-hybridized carbons (Fsp3) is 0. The summed E-state index contributed by atoms with van der Waals surface area (Å²) in [6, 6.07) is 35.3. The first-order valence-electron chi connectivity index (χ1n) is 8.29. The molecule has 0 atom stereocenters. The molecule has 2 nitrogen and oxygen atoms in total. The number of benzene rings is 3. The second-order valence-electron chi connectivity index (χ2n) is 5.81. The standard InChI is InChI=1S/C22H18GeO2/c1-4-11-19(12-5-1)23(20-13-6-2-7-14-20,21-15-8-3-9-16-21)25-22-17-10-18-24-22/h1-18H. The molecule has 25 heavy (non-hydrogen) atoms. The third-order valence-corrected chi connectivity index (χ3v) is 12.6. The summed E-state index contributed by atoms with van der Waals surface area (Å²) >= 11 is -3.40.